The molecule has 3 heterocycles. The molecule has 2 aromatic rings. The molecular weight excluding hydrogens is 415 g/mol. The summed E-state index contributed by atoms with van der Waals surface area (Å²) in [6, 6.07) is 4.76. The molecule has 2 aliphatic rings. The summed E-state index contributed by atoms with van der Waals surface area (Å²) in [4.78, 5) is 22.9. The van der Waals surface area contributed by atoms with Crippen LogP contribution in [0.4, 0.5) is 18.3 Å². The van der Waals surface area contributed by atoms with E-state index >= 15 is 0 Å². The summed E-state index contributed by atoms with van der Waals surface area (Å²) in [7, 11) is 0. The van der Waals surface area contributed by atoms with Gasteiger partial charge < -0.3 is 9.64 Å². The first kappa shape index (κ1) is 21.3. The van der Waals surface area contributed by atoms with Gasteiger partial charge in [-0.15, -0.1) is 11.3 Å². The molecule has 0 saturated carbocycles. The minimum Gasteiger partial charge on any atom is -0.378 e. The zero-order valence-corrected chi connectivity index (χ0v) is 17.3. The van der Waals surface area contributed by atoms with Crippen LogP contribution in [0, 0.1) is 5.92 Å². The molecule has 0 radical (unpaired) electrons. The number of piperidine rings is 1. The van der Waals surface area contributed by atoms with E-state index < -0.39 is 11.7 Å². The number of halogens is 3. The number of hydrogen-bond donors (Lipinski definition) is 0. The van der Waals surface area contributed by atoms with Crippen molar-refractivity contribution >= 4 is 22.3 Å². The number of anilines is 1. The highest BCUT2D eigenvalue weighted by molar-refractivity contribution is 7.15. The first-order chi connectivity index (χ1) is 14.4. The number of aromatic nitrogens is 1. The second-order valence-corrected chi connectivity index (χ2v) is 8.82. The summed E-state index contributed by atoms with van der Waals surface area (Å²) in [5, 5.41) is 0.988. The lowest BCUT2D eigenvalue weighted by molar-refractivity contribution is -0.137. The number of thiazole rings is 1. The van der Waals surface area contributed by atoms with E-state index in [0.717, 1.165) is 48.2 Å². The van der Waals surface area contributed by atoms with Gasteiger partial charge in [0.15, 0.2) is 10.9 Å². The molecule has 162 valence electrons. The van der Waals surface area contributed by atoms with E-state index in [0.29, 0.717) is 32.7 Å². The third-order valence-corrected chi connectivity index (χ3v) is 6.60. The third-order valence-electron chi connectivity index (χ3n) is 5.55. The standard InChI is InChI=1S/C21H24F3N3O2S/c22-21(23,24)17-5-1-3-15(11-17)19(28)16-4-2-6-26(13-16)14-18-12-25-20(30-18)27-7-9-29-10-8-27/h1,3,5,11-12,16H,2,4,6-10,13-14H2/t16-/m1/s1. The molecule has 1 aromatic heterocycles. The molecule has 0 bridgehead atoms. The highest BCUT2D eigenvalue weighted by Gasteiger charge is 2.32. The molecule has 0 unspecified atom stereocenters. The SMILES string of the molecule is O=C(c1cccc(C(F)(F)F)c1)[C@@H]1CCCN(Cc2cnc(N3CCOCC3)s2)C1. The number of alkyl halides is 3. The first-order valence-corrected chi connectivity index (χ1v) is 10.9. The van der Waals surface area contributed by atoms with Crippen LogP contribution in [0.5, 0.6) is 0 Å². The molecule has 1 atom stereocenters. The van der Waals surface area contributed by atoms with Crippen molar-refractivity contribution in [3.8, 4) is 0 Å². The van der Waals surface area contributed by atoms with Crippen LogP contribution in [0.15, 0.2) is 30.5 Å². The number of Topliss-reactive ketones (excluding diaryl/α,β-unsaturated/α-hetero) is 1. The normalized spacial score (nSPS) is 21.0. The number of hydrogen-bond acceptors (Lipinski definition) is 6. The van der Waals surface area contributed by atoms with Crippen LogP contribution >= 0.6 is 11.3 Å². The zero-order valence-electron chi connectivity index (χ0n) is 16.5. The predicted octanol–water partition coefficient (Wildman–Crippen LogP) is 4.09. The summed E-state index contributed by atoms with van der Waals surface area (Å²) in [5.74, 6) is -0.488. The van der Waals surface area contributed by atoms with E-state index in [1.807, 2.05) is 6.20 Å². The lowest BCUT2D eigenvalue weighted by Gasteiger charge is -2.31. The second-order valence-electron chi connectivity index (χ2n) is 7.73. The van der Waals surface area contributed by atoms with Crippen LogP contribution in [0.2, 0.25) is 0 Å². The number of likely N-dealkylation sites (tertiary alicyclic amines) is 1. The van der Waals surface area contributed by atoms with E-state index in [1.165, 1.54) is 12.1 Å². The Morgan fingerprint density at radius 3 is 2.80 bits per heavy atom. The minimum absolute atomic E-state index is 0.143. The van der Waals surface area contributed by atoms with Gasteiger partial charge in [0.2, 0.25) is 0 Å². The molecule has 9 heteroatoms. The van der Waals surface area contributed by atoms with Crippen LogP contribution in [0.1, 0.15) is 33.6 Å². The molecule has 0 amide bonds. The van der Waals surface area contributed by atoms with Crippen molar-refractivity contribution in [1.82, 2.24) is 9.88 Å². The van der Waals surface area contributed by atoms with Gasteiger partial charge in [0.25, 0.3) is 0 Å². The fourth-order valence-electron chi connectivity index (χ4n) is 3.99. The van der Waals surface area contributed by atoms with Gasteiger partial charge in [-0.1, -0.05) is 12.1 Å². The molecule has 4 rings (SSSR count). The Morgan fingerprint density at radius 1 is 1.23 bits per heavy atom. The van der Waals surface area contributed by atoms with Crippen molar-refractivity contribution in [2.75, 3.05) is 44.3 Å². The van der Waals surface area contributed by atoms with Crippen LogP contribution in [-0.4, -0.2) is 55.1 Å². The molecule has 30 heavy (non-hydrogen) atoms. The summed E-state index contributed by atoms with van der Waals surface area (Å²) >= 11 is 1.65. The second kappa shape index (κ2) is 9.03. The summed E-state index contributed by atoms with van der Waals surface area (Å²) in [6.07, 6.45) is -1.01. The van der Waals surface area contributed by atoms with Crippen LogP contribution in [0.25, 0.3) is 0 Å². The average molecular weight is 440 g/mol. The van der Waals surface area contributed by atoms with Gasteiger partial charge in [-0.25, -0.2) is 4.98 Å². The van der Waals surface area contributed by atoms with Crippen molar-refractivity contribution < 1.29 is 22.7 Å². The number of ketones is 1. The molecule has 2 saturated heterocycles. The fourth-order valence-corrected chi connectivity index (χ4v) is 4.99. The van der Waals surface area contributed by atoms with Crippen LogP contribution < -0.4 is 4.90 Å². The van der Waals surface area contributed by atoms with Crippen molar-refractivity contribution in [3.63, 3.8) is 0 Å². The third kappa shape index (κ3) is 5.01. The first-order valence-electron chi connectivity index (χ1n) is 10.1. The summed E-state index contributed by atoms with van der Waals surface area (Å²) in [5.41, 5.74) is -0.634. The largest absolute Gasteiger partial charge is 0.416 e. The van der Waals surface area contributed by atoms with E-state index in [2.05, 4.69) is 14.8 Å². The maximum atomic E-state index is 13.0. The van der Waals surface area contributed by atoms with Crippen molar-refractivity contribution in [2.45, 2.75) is 25.6 Å². The van der Waals surface area contributed by atoms with Crippen molar-refractivity contribution in [2.24, 2.45) is 5.92 Å². The van der Waals surface area contributed by atoms with E-state index in [-0.39, 0.29) is 17.3 Å². The maximum absolute atomic E-state index is 13.0. The van der Waals surface area contributed by atoms with Crippen molar-refractivity contribution in [3.05, 3.63) is 46.5 Å². The molecule has 1 aromatic carbocycles. The van der Waals surface area contributed by atoms with Gasteiger partial charge in [0.1, 0.15) is 0 Å². The van der Waals surface area contributed by atoms with Crippen LogP contribution in [0.3, 0.4) is 0 Å². The summed E-state index contributed by atoms with van der Waals surface area (Å²) in [6.45, 7) is 5.22. The molecule has 2 fully saturated rings. The molecule has 0 aliphatic carbocycles. The number of carbonyl (C=O) groups excluding carboxylic acids is 1. The van der Waals surface area contributed by atoms with Crippen molar-refractivity contribution in [1.29, 1.82) is 0 Å². The van der Waals surface area contributed by atoms with E-state index in [1.54, 1.807) is 11.3 Å². The number of rotatable bonds is 5. The average Bonchev–Trinajstić information content (AvgIpc) is 3.22. The molecule has 0 spiro atoms. The Kier molecular flexibility index (Phi) is 6.40. The van der Waals surface area contributed by atoms with Gasteiger partial charge in [-0.05, 0) is 31.5 Å². The number of morpholine rings is 1. The molecule has 2 aliphatic heterocycles. The zero-order chi connectivity index (χ0) is 21.1. The number of nitrogens with zero attached hydrogens (tertiary/aromatic N) is 3. The van der Waals surface area contributed by atoms with Crippen LogP contribution in [-0.2, 0) is 17.5 Å². The van der Waals surface area contributed by atoms with E-state index in [9.17, 15) is 18.0 Å². The monoisotopic (exact) mass is 439 g/mol. The summed E-state index contributed by atoms with van der Waals surface area (Å²) < 4.78 is 44.3. The lowest BCUT2D eigenvalue weighted by Crippen LogP contribution is -2.38. The predicted molar refractivity (Wildman–Crippen MR) is 109 cm³/mol. The minimum atomic E-state index is -4.45. The molecule has 5 nitrogen and oxygen atoms in total. The van der Waals surface area contributed by atoms with Gasteiger partial charge in [0.05, 0.1) is 18.8 Å². The Labute approximate surface area is 177 Å². The van der Waals surface area contributed by atoms with Gasteiger partial charge >= 0.3 is 6.18 Å². The highest BCUT2D eigenvalue weighted by Crippen LogP contribution is 2.31. The van der Waals surface area contributed by atoms with E-state index in [4.69, 9.17) is 4.74 Å². The lowest BCUT2D eigenvalue weighted by atomic mass is 9.89. The number of ether oxygens (including phenoxy) is 1. The molecule has 0 N–H and O–H groups in total. The fraction of sp³-hybridized carbons (Fsp3) is 0.524. The quantitative estimate of drug-likeness (QED) is 0.657. The Balaban J connectivity index is 1.39. The van der Waals surface area contributed by atoms with Gasteiger partial charge in [0, 0.05) is 48.7 Å². The van der Waals surface area contributed by atoms with Gasteiger partial charge in [-0.3, -0.25) is 9.69 Å². The maximum Gasteiger partial charge on any atom is 0.416 e. The Morgan fingerprint density at radius 2 is 2.03 bits per heavy atom. The number of benzene rings is 1. The number of carbonyl (C=O) groups is 1. The Hall–Kier alpha value is -1.97. The smallest absolute Gasteiger partial charge is 0.378 e. The van der Waals surface area contributed by atoms with Gasteiger partial charge in [-0.2, -0.15) is 13.2 Å². The molecular formula is C21H24F3N3O2S. The Bertz CT molecular complexity index is 880. The topological polar surface area (TPSA) is 45.7 Å². The highest BCUT2D eigenvalue weighted by atomic mass is 32.1.